The lowest BCUT2D eigenvalue weighted by Gasteiger charge is -2.34. The predicted molar refractivity (Wildman–Crippen MR) is 232 cm³/mol. The van der Waals surface area contributed by atoms with E-state index in [0.29, 0.717) is 24.5 Å². The van der Waals surface area contributed by atoms with Gasteiger partial charge in [-0.2, -0.15) is 0 Å². The number of carbonyl (C=O) groups is 1. The van der Waals surface area contributed by atoms with Crippen LogP contribution in [-0.2, 0) is 4.74 Å². The Morgan fingerprint density at radius 1 is 0.596 bits per heavy atom. The maximum absolute atomic E-state index is 11.6. The van der Waals surface area contributed by atoms with E-state index in [1.165, 1.54) is 71.2 Å². The molecule has 0 bridgehead atoms. The summed E-state index contributed by atoms with van der Waals surface area (Å²) in [7, 11) is 0. The zero-order valence-electron chi connectivity index (χ0n) is 35.4. The molecule has 2 saturated heterocycles. The minimum Gasteiger partial charge on any atom is -0.494 e. The second-order valence-corrected chi connectivity index (χ2v) is 16.0. The van der Waals surface area contributed by atoms with Gasteiger partial charge in [0.1, 0.15) is 17.1 Å². The summed E-state index contributed by atoms with van der Waals surface area (Å²) in [6, 6.07) is 14.7. The Balaban J connectivity index is 0.000000315. The zero-order valence-corrected chi connectivity index (χ0v) is 35.4. The van der Waals surface area contributed by atoms with E-state index in [9.17, 15) is 4.79 Å². The average Bonchev–Trinajstić information content (AvgIpc) is 3.21. The molecule has 4 rings (SSSR count). The number of rotatable bonds is 23. The molecule has 0 aromatic heterocycles. The van der Waals surface area contributed by atoms with Crippen molar-refractivity contribution in [2.45, 2.75) is 90.6 Å². The van der Waals surface area contributed by atoms with Crippen molar-refractivity contribution in [3.63, 3.8) is 0 Å². The summed E-state index contributed by atoms with van der Waals surface area (Å²) in [4.78, 5) is 28.6. The van der Waals surface area contributed by atoms with E-state index in [4.69, 9.17) is 33.1 Å². The van der Waals surface area contributed by atoms with Gasteiger partial charge in [0.05, 0.1) is 26.4 Å². The van der Waals surface area contributed by atoms with Gasteiger partial charge in [0, 0.05) is 72.0 Å². The first-order chi connectivity index (χ1) is 27.7. The summed E-state index contributed by atoms with van der Waals surface area (Å²) in [6.45, 7) is 36.3. The van der Waals surface area contributed by atoms with Gasteiger partial charge in [-0.1, -0.05) is 49.9 Å². The minimum atomic E-state index is -0.436. The van der Waals surface area contributed by atoms with Gasteiger partial charge in [0.2, 0.25) is 0 Å². The molecule has 0 unspecified atom stereocenters. The first kappa shape index (κ1) is 47.5. The molecule has 57 heavy (non-hydrogen) atoms. The topological polar surface area (TPSA) is 104 Å². The van der Waals surface area contributed by atoms with Gasteiger partial charge < -0.3 is 44.9 Å². The number of nitrogens with zero attached hydrogens (tertiary/aromatic N) is 6. The van der Waals surface area contributed by atoms with Gasteiger partial charge in [-0.3, -0.25) is 0 Å². The fourth-order valence-corrected chi connectivity index (χ4v) is 6.82. The fraction of sp³-hybridized carbons (Fsp3) is 0.667. The number of nitrogens with two attached hydrogens (primary N) is 1. The van der Waals surface area contributed by atoms with Crippen LogP contribution in [-0.4, -0.2) is 136 Å². The van der Waals surface area contributed by atoms with Gasteiger partial charge in [0.25, 0.3) is 0 Å². The van der Waals surface area contributed by atoms with Crippen LogP contribution in [0.3, 0.4) is 0 Å². The minimum absolute atomic E-state index is 0.322. The van der Waals surface area contributed by atoms with Gasteiger partial charge in [-0.05, 0) is 103 Å². The van der Waals surface area contributed by atoms with E-state index < -0.39 is 5.60 Å². The number of benzene rings is 2. The van der Waals surface area contributed by atoms with E-state index in [1.54, 1.807) is 24.3 Å². The molecular weight excluding hydrogens is 717 g/mol. The molecule has 1 amide bonds. The van der Waals surface area contributed by atoms with Crippen LogP contribution in [0.5, 0.6) is 11.5 Å². The van der Waals surface area contributed by atoms with Crippen molar-refractivity contribution in [3.8, 4) is 11.5 Å². The van der Waals surface area contributed by atoms with Crippen molar-refractivity contribution >= 4 is 17.5 Å². The Hall–Kier alpha value is -3.91. The summed E-state index contributed by atoms with van der Waals surface area (Å²) in [6.07, 6.45) is 11.3. The Kier molecular flexibility index (Phi) is 23.7. The highest BCUT2D eigenvalue weighted by molar-refractivity contribution is 5.67. The third kappa shape index (κ3) is 22.6. The number of amides is 1. The number of nitrogens with one attached hydrogen (secondary N) is 1. The Morgan fingerprint density at radius 2 is 0.965 bits per heavy atom. The molecule has 2 aromatic carbocycles. The van der Waals surface area contributed by atoms with E-state index in [1.807, 2.05) is 45.0 Å². The second kappa shape index (κ2) is 28.5. The number of alkyl carbamates (subject to hydrolysis) is 1. The lowest BCUT2D eigenvalue weighted by atomic mass is 10.1. The summed E-state index contributed by atoms with van der Waals surface area (Å²) in [5, 5.41) is 2.82. The van der Waals surface area contributed by atoms with Crippen LogP contribution >= 0.6 is 0 Å². The molecule has 12 heteroatoms. The van der Waals surface area contributed by atoms with Gasteiger partial charge in [0.15, 0.2) is 11.4 Å². The van der Waals surface area contributed by atoms with Crippen LogP contribution in [0.25, 0.3) is 9.69 Å². The van der Waals surface area contributed by atoms with Crippen LogP contribution < -0.4 is 20.5 Å². The van der Waals surface area contributed by atoms with E-state index >= 15 is 0 Å². The van der Waals surface area contributed by atoms with Crippen molar-refractivity contribution in [1.82, 2.24) is 24.9 Å². The third-order valence-electron chi connectivity index (χ3n) is 10.1. The molecule has 0 aliphatic carbocycles. The quantitative estimate of drug-likeness (QED) is 0.0861. The lowest BCUT2D eigenvalue weighted by Crippen LogP contribution is -2.46. The number of carbonyl (C=O) groups excluding carboxylic acids is 1. The van der Waals surface area contributed by atoms with E-state index in [2.05, 4.69) is 34.6 Å². The molecule has 0 saturated carbocycles. The molecule has 2 aliphatic rings. The second-order valence-electron chi connectivity index (χ2n) is 16.0. The standard InChI is InChI=1S/C25H40N4O3.C20H32N4O/c1-25(2,3)32-24(30)27-14-7-5-6-8-15-28-17-19-29(20-18-28)16-9-21-31-23-12-10-22(26-4)11-13-23;1-22-19-7-9-20(10-8-19)25-18-6-13-24-16-14-23(15-17-24)12-5-3-2-4-11-21/h10-13H,5-9,14-21H2,1-3H3,(H,27,30);7-10H,2-6,11-18,21H2. The Labute approximate surface area is 344 Å². The summed E-state index contributed by atoms with van der Waals surface area (Å²) < 4.78 is 16.8. The summed E-state index contributed by atoms with van der Waals surface area (Å²) >= 11 is 0. The highest BCUT2D eigenvalue weighted by atomic mass is 16.6. The monoisotopic (exact) mass is 789 g/mol. The van der Waals surface area contributed by atoms with Crippen LogP contribution in [0.1, 0.15) is 85.0 Å². The summed E-state index contributed by atoms with van der Waals surface area (Å²) in [5.74, 6) is 1.69. The maximum Gasteiger partial charge on any atom is 0.407 e. The SMILES string of the molecule is [C-]#[N+]c1ccc(OCCCN2CCN(CCCCCCN)CC2)cc1.[C-]#[N+]c1ccc(OCCCN2CCN(CCCCCCNC(=O)OC(C)(C)C)CC2)cc1. The third-order valence-corrected chi connectivity index (χ3v) is 10.1. The molecule has 0 spiro atoms. The van der Waals surface area contributed by atoms with Gasteiger partial charge >= 0.3 is 6.09 Å². The maximum atomic E-state index is 11.6. The lowest BCUT2D eigenvalue weighted by molar-refractivity contribution is 0.0527. The molecule has 2 heterocycles. The van der Waals surface area contributed by atoms with Crippen LogP contribution in [0.2, 0.25) is 0 Å². The molecule has 2 aromatic rings. The van der Waals surface area contributed by atoms with Crippen molar-refractivity contribution in [2.24, 2.45) is 5.73 Å². The molecule has 3 N–H and O–H groups in total. The smallest absolute Gasteiger partial charge is 0.407 e. The highest BCUT2D eigenvalue weighted by Gasteiger charge is 2.18. The van der Waals surface area contributed by atoms with Crippen molar-refractivity contribution in [2.75, 3.05) is 105 Å². The van der Waals surface area contributed by atoms with E-state index in [-0.39, 0.29) is 6.09 Å². The molecular formula is C45H72N8O4. The number of hydrogen-bond donors (Lipinski definition) is 2. The fourth-order valence-electron chi connectivity index (χ4n) is 6.82. The summed E-state index contributed by atoms with van der Waals surface area (Å²) in [5.41, 5.74) is 6.39. The Morgan fingerprint density at radius 3 is 1.33 bits per heavy atom. The molecule has 316 valence electrons. The number of hydrogen-bond acceptors (Lipinski definition) is 9. The van der Waals surface area contributed by atoms with Gasteiger partial charge in [-0.25, -0.2) is 14.5 Å². The first-order valence-electron chi connectivity index (χ1n) is 21.4. The number of piperazine rings is 2. The van der Waals surface area contributed by atoms with Gasteiger partial charge in [-0.15, -0.1) is 0 Å². The van der Waals surface area contributed by atoms with Crippen LogP contribution in [0.4, 0.5) is 16.2 Å². The highest BCUT2D eigenvalue weighted by Crippen LogP contribution is 2.19. The largest absolute Gasteiger partial charge is 0.494 e. The van der Waals surface area contributed by atoms with E-state index in [0.717, 1.165) is 96.1 Å². The Bertz CT molecular complexity index is 1420. The zero-order chi connectivity index (χ0) is 41.0. The van der Waals surface area contributed by atoms with Crippen molar-refractivity contribution < 1.29 is 19.0 Å². The molecule has 2 aliphatic heterocycles. The van der Waals surface area contributed by atoms with Crippen LogP contribution in [0.15, 0.2) is 48.5 Å². The molecule has 2 fully saturated rings. The predicted octanol–water partition coefficient (Wildman–Crippen LogP) is 7.85. The average molecular weight is 789 g/mol. The molecule has 0 atom stereocenters. The van der Waals surface area contributed by atoms with Crippen molar-refractivity contribution in [1.29, 1.82) is 0 Å². The number of unbranched alkanes of at least 4 members (excludes halogenated alkanes) is 6. The molecule has 12 nitrogen and oxygen atoms in total. The first-order valence-corrected chi connectivity index (χ1v) is 21.4. The number of ether oxygens (including phenoxy) is 3. The van der Waals surface area contributed by atoms with Crippen molar-refractivity contribution in [3.05, 3.63) is 71.4 Å². The van der Waals surface area contributed by atoms with Crippen LogP contribution in [0, 0.1) is 13.1 Å². The normalized spacial score (nSPS) is 15.5. The molecule has 0 radical (unpaired) electrons.